The zero-order valence-electron chi connectivity index (χ0n) is 14.4. The molecule has 2 aromatic carbocycles. The molecule has 26 heavy (non-hydrogen) atoms. The second-order valence-electron chi connectivity index (χ2n) is 5.58. The summed E-state index contributed by atoms with van der Waals surface area (Å²) in [6.45, 7) is 2.88. The van der Waals surface area contributed by atoms with Crippen LogP contribution in [0, 0.1) is 5.82 Å². The van der Waals surface area contributed by atoms with Gasteiger partial charge in [0.2, 0.25) is 5.54 Å². The van der Waals surface area contributed by atoms with Gasteiger partial charge in [0.25, 0.3) is 0 Å². The fraction of sp³-hybridized carbons (Fsp3) is 0.263. The molecule has 0 fully saturated rings. The number of benzene rings is 2. The normalized spacial score (nSPS) is 13.4. The lowest BCUT2D eigenvalue weighted by molar-refractivity contribution is -0.153. The van der Waals surface area contributed by atoms with Crippen LogP contribution < -0.4 is 0 Å². The average Bonchev–Trinajstić information content (AvgIpc) is 2.61. The van der Waals surface area contributed by atoms with Crippen molar-refractivity contribution in [3.63, 3.8) is 0 Å². The fourth-order valence-electron chi connectivity index (χ4n) is 2.31. The third kappa shape index (κ3) is 4.52. The Morgan fingerprint density at radius 1 is 1.15 bits per heavy atom. The Bertz CT molecular complexity index is 824. The smallest absolute Gasteiger partial charge is 0.344 e. The first kappa shape index (κ1) is 19.7. The number of ether oxygens (including phenoxy) is 1. The van der Waals surface area contributed by atoms with Crippen molar-refractivity contribution in [3.05, 3.63) is 64.9 Å². The molecule has 0 aliphatic heterocycles. The molecule has 0 N–H and O–H groups in total. The second-order valence-corrected chi connectivity index (χ2v) is 6.02. The summed E-state index contributed by atoms with van der Waals surface area (Å²) in [6, 6.07) is 12.3. The molecule has 1 atom stereocenters. The van der Waals surface area contributed by atoms with E-state index in [1.165, 1.54) is 25.1 Å². The van der Waals surface area contributed by atoms with Crippen molar-refractivity contribution in [1.29, 1.82) is 0 Å². The Morgan fingerprint density at radius 2 is 1.81 bits per heavy atom. The number of rotatable bonds is 7. The van der Waals surface area contributed by atoms with Crippen molar-refractivity contribution in [3.8, 4) is 0 Å². The maximum atomic E-state index is 14.1. The van der Waals surface area contributed by atoms with Crippen LogP contribution in [0.2, 0.25) is 5.02 Å². The summed E-state index contributed by atoms with van der Waals surface area (Å²) >= 11 is 5.83. The molecule has 2 aromatic rings. The van der Waals surface area contributed by atoms with Gasteiger partial charge in [0, 0.05) is 11.4 Å². The van der Waals surface area contributed by atoms with Gasteiger partial charge in [0.1, 0.15) is 5.82 Å². The first-order chi connectivity index (χ1) is 12.4. The number of Topliss-reactive ketones (excluding diaryl/α,β-unsaturated/α-hetero) is 1. The number of esters is 1. The lowest BCUT2D eigenvalue weighted by Gasteiger charge is -2.23. The topological polar surface area (TPSA) is 68.1 Å². The molecule has 1 unspecified atom stereocenters. The Kier molecular flexibility index (Phi) is 6.58. The number of azo groups is 1. The SMILES string of the molecule is CCOC(=O)C(Cc1ccccc1F)(N=Nc1ccc(Cl)cc1)C(C)=O. The Hall–Kier alpha value is -2.60. The predicted octanol–water partition coefficient (Wildman–Crippen LogP) is 4.70. The molecule has 5 nitrogen and oxygen atoms in total. The third-order valence-corrected chi connectivity index (χ3v) is 4.01. The van der Waals surface area contributed by atoms with Crippen molar-refractivity contribution in [2.75, 3.05) is 6.61 Å². The van der Waals surface area contributed by atoms with Gasteiger partial charge in [-0.2, -0.15) is 10.2 Å². The first-order valence-electron chi connectivity index (χ1n) is 7.99. The summed E-state index contributed by atoms with van der Waals surface area (Å²) in [5, 5.41) is 8.51. The van der Waals surface area contributed by atoms with E-state index in [4.69, 9.17) is 16.3 Å². The van der Waals surface area contributed by atoms with E-state index in [1.54, 1.807) is 37.3 Å². The van der Waals surface area contributed by atoms with E-state index in [0.717, 1.165) is 0 Å². The Labute approximate surface area is 155 Å². The van der Waals surface area contributed by atoms with E-state index in [1.807, 2.05) is 0 Å². The number of hydrogen-bond donors (Lipinski definition) is 0. The maximum Gasteiger partial charge on any atom is 0.344 e. The van der Waals surface area contributed by atoms with Crippen LogP contribution in [-0.4, -0.2) is 23.9 Å². The van der Waals surface area contributed by atoms with E-state index >= 15 is 0 Å². The number of carbonyl (C=O) groups is 2. The van der Waals surface area contributed by atoms with Crippen molar-refractivity contribution < 1.29 is 18.7 Å². The number of hydrogen-bond acceptors (Lipinski definition) is 5. The zero-order chi connectivity index (χ0) is 19.2. The molecule has 0 heterocycles. The molecule has 0 spiro atoms. The van der Waals surface area contributed by atoms with Crippen LogP contribution in [0.3, 0.4) is 0 Å². The van der Waals surface area contributed by atoms with Gasteiger partial charge >= 0.3 is 5.97 Å². The van der Waals surface area contributed by atoms with E-state index in [9.17, 15) is 14.0 Å². The van der Waals surface area contributed by atoms with Crippen LogP contribution in [0.1, 0.15) is 19.4 Å². The van der Waals surface area contributed by atoms with Crippen LogP contribution in [0.25, 0.3) is 0 Å². The summed E-state index contributed by atoms with van der Waals surface area (Å²) < 4.78 is 19.1. The standard InChI is InChI=1S/C19H18ClFN2O3/c1-3-26-18(25)19(13(2)24,12-14-6-4-5-7-17(14)21)23-22-16-10-8-15(20)9-11-16/h4-11H,3,12H2,1-2H3. The minimum atomic E-state index is -1.96. The van der Waals surface area contributed by atoms with Crippen LogP contribution in [-0.2, 0) is 20.7 Å². The summed E-state index contributed by atoms with van der Waals surface area (Å²) in [4.78, 5) is 24.9. The summed E-state index contributed by atoms with van der Waals surface area (Å²) in [5.74, 6) is -1.99. The molecule has 7 heteroatoms. The fourth-order valence-corrected chi connectivity index (χ4v) is 2.43. The van der Waals surface area contributed by atoms with E-state index < -0.39 is 23.1 Å². The number of nitrogens with zero attached hydrogens (tertiary/aromatic N) is 2. The average molecular weight is 377 g/mol. The molecule has 0 bridgehead atoms. The minimum absolute atomic E-state index is 0.0571. The van der Waals surface area contributed by atoms with Gasteiger partial charge in [-0.1, -0.05) is 29.8 Å². The lowest BCUT2D eigenvalue weighted by atomic mass is 9.87. The van der Waals surface area contributed by atoms with Crippen molar-refractivity contribution in [2.45, 2.75) is 25.8 Å². The highest BCUT2D eigenvalue weighted by Gasteiger charge is 2.46. The maximum absolute atomic E-state index is 14.1. The van der Waals surface area contributed by atoms with Gasteiger partial charge in [0.15, 0.2) is 5.78 Å². The number of halogens is 2. The highest BCUT2D eigenvalue weighted by atomic mass is 35.5. The van der Waals surface area contributed by atoms with E-state index in [-0.39, 0.29) is 18.6 Å². The quantitative estimate of drug-likeness (QED) is 0.399. The van der Waals surface area contributed by atoms with E-state index in [0.29, 0.717) is 10.7 Å². The van der Waals surface area contributed by atoms with Crippen molar-refractivity contribution in [2.24, 2.45) is 10.2 Å². The molecular formula is C19H18ClFN2O3. The molecule has 136 valence electrons. The van der Waals surface area contributed by atoms with Crippen LogP contribution >= 0.6 is 11.6 Å². The van der Waals surface area contributed by atoms with Gasteiger partial charge in [-0.05, 0) is 49.7 Å². The van der Waals surface area contributed by atoms with Gasteiger partial charge in [0.05, 0.1) is 12.3 Å². The largest absolute Gasteiger partial charge is 0.464 e. The van der Waals surface area contributed by atoms with Gasteiger partial charge in [-0.15, -0.1) is 0 Å². The molecule has 0 aliphatic carbocycles. The minimum Gasteiger partial charge on any atom is -0.464 e. The molecule has 2 rings (SSSR count). The molecule has 0 saturated heterocycles. The van der Waals surface area contributed by atoms with Crippen molar-refractivity contribution >= 4 is 29.0 Å². The molecule has 0 aromatic heterocycles. The molecule has 0 amide bonds. The third-order valence-electron chi connectivity index (χ3n) is 3.76. The molecule has 0 saturated carbocycles. The Balaban J connectivity index is 2.48. The number of ketones is 1. The molecule has 0 radical (unpaired) electrons. The second kappa shape index (κ2) is 8.67. The summed E-state index contributed by atoms with van der Waals surface area (Å²) in [5.41, 5.74) is -1.39. The van der Waals surface area contributed by atoms with Crippen LogP contribution in [0.5, 0.6) is 0 Å². The highest BCUT2D eigenvalue weighted by Crippen LogP contribution is 2.26. The van der Waals surface area contributed by atoms with Crippen LogP contribution in [0.4, 0.5) is 10.1 Å². The van der Waals surface area contributed by atoms with Gasteiger partial charge in [-0.25, -0.2) is 9.18 Å². The van der Waals surface area contributed by atoms with Crippen molar-refractivity contribution in [1.82, 2.24) is 0 Å². The summed E-state index contributed by atoms with van der Waals surface area (Å²) in [6.07, 6.45) is -0.287. The van der Waals surface area contributed by atoms with Crippen LogP contribution in [0.15, 0.2) is 58.8 Å². The molecule has 0 aliphatic rings. The number of carbonyl (C=O) groups excluding carboxylic acids is 2. The molecular weight excluding hydrogens is 359 g/mol. The van der Waals surface area contributed by atoms with Gasteiger partial charge < -0.3 is 4.74 Å². The first-order valence-corrected chi connectivity index (χ1v) is 8.37. The predicted molar refractivity (Wildman–Crippen MR) is 96.1 cm³/mol. The Morgan fingerprint density at radius 3 is 2.38 bits per heavy atom. The zero-order valence-corrected chi connectivity index (χ0v) is 15.2. The monoisotopic (exact) mass is 376 g/mol. The summed E-state index contributed by atoms with van der Waals surface area (Å²) in [7, 11) is 0. The van der Waals surface area contributed by atoms with Gasteiger partial charge in [-0.3, -0.25) is 4.79 Å². The highest BCUT2D eigenvalue weighted by molar-refractivity contribution is 6.30. The lowest BCUT2D eigenvalue weighted by Crippen LogP contribution is -2.47. The van der Waals surface area contributed by atoms with E-state index in [2.05, 4.69) is 10.2 Å².